The largest absolute Gasteiger partial charge is 0.462 e. The number of benzene rings is 1. The summed E-state index contributed by atoms with van der Waals surface area (Å²) in [7, 11) is 0. The van der Waals surface area contributed by atoms with E-state index < -0.39 is 5.97 Å². The van der Waals surface area contributed by atoms with Gasteiger partial charge in [-0.05, 0) is 61.9 Å². The number of aryl methyl sites for hydroxylation is 1. The molecule has 0 unspecified atom stereocenters. The van der Waals surface area contributed by atoms with Crippen molar-refractivity contribution in [3.05, 3.63) is 76.8 Å². The van der Waals surface area contributed by atoms with Gasteiger partial charge < -0.3 is 14.5 Å². The summed E-state index contributed by atoms with van der Waals surface area (Å²) in [6.45, 7) is 2.43. The van der Waals surface area contributed by atoms with Gasteiger partial charge in [0.2, 0.25) is 5.91 Å². The summed E-state index contributed by atoms with van der Waals surface area (Å²) in [6.07, 6.45) is 4.22. The molecule has 4 rings (SSSR count). The van der Waals surface area contributed by atoms with Gasteiger partial charge in [-0.3, -0.25) is 14.2 Å². The molecule has 8 heteroatoms. The molecule has 3 heterocycles. The zero-order valence-electron chi connectivity index (χ0n) is 17.1. The first-order valence-corrected chi connectivity index (χ1v) is 10.1. The number of fused-ring (bicyclic) bond motifs is 3. The molecule has 4 aromatic rings. The van der Waals surface area contributed by atoms with Crippen LogP contribution in [0.25, 0.3) is 16.7 Å². The molecule has 0 saturated heterocycles. The van der Waals surface area contributed by atoms with Gasteiger partial charge in [0, 0.05) is 31.0 Å². The number of anilines is 1. The van der Waals surface area contributed by atoms with Gasteiger partial charge in [0.25, 0.3) is 5.56 Å². The highest BCUT2D eigenvalue weighted by atomic mass is 16.5. The van der Waals surface area contributed by atoms with Crippen LogP contribution in [0.15, 0.2) is 65.7 Å². The van der Waals surface area contributed by atoms with Crippen molar-refractivity contribution >= 4 is 34.2 Å². The molecule has 0 bridgehead atoms. The van der Waals surface area contributed by atoms with Crippen molar-refractivity contribution in [2.45, 2.75) is 26.3 Å². The van der Waals surface area contributed by atoms with Gasteiger partial charge >= 0.3 is 5.97 Å². The van der Waals surface area contributed by atoms with Gasteiger partial charge in [-0.25, -0.2) is 9.78 Å². The van der Waals surface area contributed by atoms with Crippen LogP contribution < -0.4 is 10.9 Å². The van der Waals surface area contributed by atoms with Crippen molar-refractivity contribution in [1.29, 1.82) is 0 Å². The predicted molar refractivity (Wildman–Crippen MR) is 117 cm³/mol. The maximum Gasteiger partial charge on any atom is 0.338 e. The van der Waals surface area contributed by atoms with Crippen LogP contribution in [0.2, 0.25) is 0 Å². The first-order valence-electron chi connectivity index (χ1n) is 10.1. The maximum atomic E-state index is 12.9. The Morgan fingerprint density at radius 1 is 1.06 bits per heavy atom. The standard InChI is InChI=1S/C23H22N4O4/c1-2-31-23(30)16-9-11-17(12-10-16)25-20(28)8-5-15-27-21-18(6-3-13-24-21)26-14-4-7-19(26)22(27)29/h3-4,6-7,9-14H,2,5,8,15H2,1H3,(H,25,28). The number of amides is 1. The Kier molecular flexibility index (Phi) is 5.79. The quantitative estimate of drug-likeness (QED) is 0.465. The summed E-state index contributed by atoms with van der Waals surface area (Å²) in [5, 5.41) is 2.81. The van der Waals surface area contributed by atoms with Crippen molar-refractivity contribution < 1.29 is 14.3 Å². The average Bonchev–Trinajstić information content (AvgIpc) is 3.27. The van der Waals surface area contributed by atoms with Crippen molar-refractivity contribution in [2.24, 2.45) is 0 Å². The van der Waals surface area contributed by atoms with E-state index in [0.29, 0.717) is 42.0 Å². The Morgan fingerprint density at radius 3 is 2.61 bits per heavy atom. The molecule has 1 N–H and O–H groups in total. The minimum atomic E-state index is -0.397. The molecule has 0 saturated carbocycles. The van der Waals surface area contributed by atoms with E-state index in [1.165, 1.54) is 0 Å². The molecule has 1 aromatic carbocycles. The van der Waals surface area contributed by atoms with Crippen LogP contribution in [-0.2, 0) is 16.1 Å². The first kappa shape index (κ1) is 20.3. The smallest absolute Gasteiger partial charge is 0.338 e. The topological polar surface area (TPSA) is 94.7 Å². The third-order valence-corrected chi connectivity index (χ3v) is 4.96. The van der Waals surface area contributed by atoms with E-state index in [4.69, 9.17) is 4.74 Å². The third-order valence-electron chi connectivity index (χ3n) is 4.96. The Labute approximate surface area is 178 Å². The number of nitrogens with zero attached hydrogens (tertiary/aromatic N) is 3. The summed E-state index contributed by atoms with van der Waals surface area (Å²) in [5.74, 6) is -0.565. The molecule has 0 aliphatic carbocycles. The van der Waals surface area contributed by atoms with E-state index in [-0.39, 0.29) is 17.9 Å². The number of pyridine rings is 1. The molecule has 0 atom stereocenters. The number of hydrogen-bond donors (Lipinski definition) is 1. The normalized spacial score (nSPS) is 11.0. The second-order valence-electron chi connectivity index (χ2n) is 7.02. The van der Waals surface area contributed by atoms with Gasteiger partial charge in [-0.1, -0.05) is 0 Å². The lowest BCUT2D eigenvalue weighted by atomic mass is 10.2. The Morgan fingerprint density at radius 2 is 1.84 bits per heavy atom. The van der Waals surface area contributed by atoms with Crippen molar-refractivity contribution in [1.82, 2.24) is 14.0 Å². The second-order valence-corrected chi connectivity index (χ2v) is 7.02. The molecule has 8 nitrogen and oxygen atoms in total. The van der Waals surface area contributed by atoms with E-state index in [1.54, 1.807) is 48.0 Å². The fraction of sp³-hybridized carbons (Fsp3) is 0.217. The van der Waals surface area contributed by atoms with E-state index in [1.807, 2.05) is 28.8 Å². The summed E-state index contributed by atoms with van der Waals surface area (Å²) >= 11 is 0. The lowest BCUT2D eigenvalue weighted by Gasteiger charge is -2.11. The second kappa shape index (κ2) is 8.83. The van der Waals surface area contributed by atoms with Crippen molar-refractivity contribution in [3.8, 4) is 0 Å². The number of hydrogen-bond acceptors (Lipinski definition) is 5. The molecule has 0 spiro atoms. The molecular formula is C23H22N4O4. The van der Waals surface area contributed by atoms with Gasteiger partial charge in [0.05, 0.1) is 17.7 Å². The molecule has 158 valence electrons. The van der Waals surface area contributed by atoms with Gasteiger partial charge in [0.1, 0.15) is 5.52 Å². The summed E-state index contributed by atoms with van der Waals surface area (Å²) < 4.78 is 8.39. The Balaban J connectivity index is 1.42. The monoisotopic (exact) mass is 418 g/mol. The van der Waals surface area contributed by atoms with Crippen molar-refractivity contribution in [3.63, 3.8) is 0 Å². The van der Waals surface area contributed by atoms with Gasteiger partial charge in [0.15, 0.2) is 5.65 Å². The first-order chi connectivity index (χ1) is 15.1. The minimum absolute atomic E-state index is 0.133. The molecule has 0 fully saturated rings. The van der Waals surface area contributed by atoms with Gasteiger partial charge in [-0.2, -0.15) is 0 Å². The number of ether oxygens (including phenoxy) is 1. The average molecular weight is 418 g/mol. The van der Waals surface area contributed by atoms with Gasteiger partial charge in [-0.15, -0.1) is 0 Å². The third kappa shape index (κ3) is 4.18. The zero-order valence-corrected chi connectivity index (χ0v) is 17.1. The Bertz CT molecular complexity index is 1300. The summed E-state index contributed by atoms with van der Waals surface area (Å²) in [6, 6.07) is 13.9. The zero-order chi connectivity index (χ0) is 21.8. The highest BCUT2D eigenvalue weighted by Crippen LogP contribution is 2.14. The molecule has 1 amide bonds. The van der Waals surface area contributed by atoms with Crippen LogP contribution in [0.5, 0.6) is 0 Å². The van der Waals surface area contributed by atoms with E-state index in [0.717, 1.165) is 5.52 Å². The summed E-state index contributed by atoms with van der Waals surface area (Å²) in [4.78, 5) is 41.3. The van der Waals surface area contributed by atoms with E-state index in [2.05, 4.69) is 10.3 Å². The predicted octanol–water partition coefficient (Wildman–Crippen LogP) is 3.24. The van der Waals surface area contributed by atoms with Crippen molar-refractivity contribution in [2.75, 3.05) is 11.9 Å². The van der Waals surface area contributed by atoms with E-state index >= 15 is 0 Å². The molecular weight excluding hydrogens is 396 g/mol. The molecule has 3 aromatic heterocycles. The van der Waals surface area contributed by atoms with Crippen LogP contribution in [0.1, 0.15) is 30.1 Å². The number of esters is 1. The minimum Gasteiger partial charge on any atom is -0.462 e. The highest BCUT2D eigenvalue weighted by molar-refractivity contribution is 5.93. The van der Waals surface area contributed by atoms with Crippen LogP contribution >= 0.6 is 0 Å². The lowest BCUT2D eigenvalue weighted by Crippen LogP contribution is -2.24. The van der Waals surface area contributed by atoms with Crippen LogP contribution in [-0.4, -0.2) is 32.4 Å². The summed E-state index contributed by atoms with van der Waals surface area (Å²) in [5.41, 5.74) is 2.90. The SMILES string of the molecule is CCOC(=O)c1ccc(NC(=O)CCCn2c(=O)c3cccn3c3cccnc32)cc1. The van der Waals surface area contributed by atoms with Crippen LogP contribution in [0, 0.1) is 0 Å². The molecule has 31 heavy (non-hydrogen) atoms. The Hall–Kier alpha value is -3.94. The molecule has 0 radical (unpaired) electrons. The number of carbonyl (C=O) groups excluding carboxylic acids is 2. The van der Waals surface area contributed by atoms with Crippen LogP contribution in [0.3, 0.4) is 0 Å². The maximum absolute atomic E-state index is 12.9. The lowest BCUT2D eigenvalue weighted by molar-refractivity contribution is -0.116. The van der Waals surface area contributed by atoms with E-state index in [9.17, 15) is 14.4 Å². The fourth-order valence-corrected chi connectivity index (χ4v) is 3.52. The fourth-order valence-electron chi connectivity index (χ4n) is 3.52. The molecule has 0 aliphatic rings. The number of rotatable bonds is 7. The highest BCUT2D eigenvalue weighted by Gasteiger charge is 2.12. The van der Waals surface area contributed by atoms with Crippen LogP contribution in [0.4, 0.5) is 5.69 Å². The molecule has 0 aliphatic heterocycles. The number of aromatic nitrogens is 3. The number of carbonyl (C=O) groups is 2. The number of nitrogens with one attached hydrogen (secondary N) is 1.